The average molecular weight is 403 g/mol. The number of amides is 2. The summed E-state index contributed by atoms with van der Waals surface area (Å²) in [6.07, 6.45) is 2.18. The summed E-state index contributed by atoms with van der Waals surface area (Å²) in [6, 6.07) is 8.43. The molecule has 0 radical (unpaired) electrons. The Morgan fingerprint density at radius 1 is 1.21 bits per heavy atom. The maximum Gasteiger partial charge on any atom is 0.254 e. The summed E-state index contributed by atoms with van der Waals surface area (Å²) < 4.78 is 15.3. The average Bonchev–Trinajstić information content (AvgIpc) is 3.26. The Balaban J connectivity index is 1.61. The number of carbonyl (C=O) groups is 2. The predicted octanol–water partition coefficient (Wildman–Crippen LogP) is 0.0693. The number of aromatic nitrogens is 1. The number of ether oxygens (including phenoxy) is 2. The van der Waals surface area contributed by atoms with E-state index in [1.54, 1.807) is 42.3 Å². The van der Waals surface area contributed by atoms with Crippen molar-refractivity contribution in [3.63, 3.8) is 0 Å². The standard InChI is InChI=1S/C20H26N4O5/c1-27-17-5-3-16(4-6-17)20(26)24(9-2-8-23-10-13-28-14-11-23)15-19(25)21-18-7-12-29-22-18/h3-7,12H,2,8-11,13-15H2,1H3,(H,21,22,25)/p+1. The number of anilines is 1. The maximum atomic E-state index is 13.0. The topological polar surface area (TPSA) is 98.3 Å². The van der Waals surface area contributed by atoms with Crippen molar-refractivity contribution in [1.82, 2.24) is 10.1 Å². The summed E-state index contributed by atoms with van der Waals surface area (Å²) in [6.45, 7) is 4.84. The molecule has 9 nitrogen and oxygen atoms in total. The molecule has 1 aliphatic heterocycles. The molecule has 0 spiro atoms. The van der Waals surface area contributed by atoms with E-state index in [-0.39, 0.29) is 18.4 Å². The molecule has 1 aromatic carbocycles. The molecule has 0 aliphatic carbocycles. The summed E-state index contributed by atoms with van der Waals surface area (Å²) >= 11 is 0. The van der Waals surface area contributed by atoms with Crippen molar-refractivity contribution < 1.29 is 28.5 Å². The third-order valence-electron chi connectivity index (χ3n) is 4.82. The number of hydrogen-bond acceptors (Lipinski definition) is 6. The molecule has 2 aromatic rings. The van der Waals surface area contributed by atoms with Crippen LogP contribution in [0.5, 0.6) is 5.75 Å². The first-order valence-electron chi connectivity index (χ1n) is 9.70. The Hall–Kier alpha value is -2.91. The largest absolute Gasteiger partial charge is 0.497 e. The molecular weight excluding hydrogens is 376 g/mol. The van der Waals surface area contributed by atoms with Gasteiger partial charge in [-0.15, -0.1) is 0 Å². The predicted molar refractivity (Wildman–Crippen MR) is 105 cm³/mol. The lowest BCUT2D eigenvalue weighted by molar-refractivity contribution is -0.908. The highest BCUT2D eigenvalue weighted by atomic mass is 16.5. The van der Waals surface area contributed by atoms with Crippen molar-refractivity contribution in [2.75, 3.05) is 58.4 Å². The van der Waals surface area contributed by atoms with Crippen molar-refractivity contribution in [3.8, 4) is 5.75 Å². The van der Waals surface area contributed by atoms with Crippen LogP contribution in [-0.2, 0) is 9.53 Å². The summed E-state index contributed by atoms with van der Waals surface area (Å²) in [5, 5.41) is 6.31. The van der Waals surface area contributed by atoms with E-state index in [0.29, 0.717) is 23.7 Å². The van der Waals surface area contributed by atoms with Crippen molar-refractivity contribution in [2.45, 2.75) is 6.42 Å². The number of methoxy groups -OCH3 is 1. The van der Waals surface area contributed by atoms with Crippen LogP contribution in [0.15, 0.2) is 41.1 Å². The molecule has 0 atom stereocenters. The number of carbonyl (C=O) groups excluding carboxylic acids is 2. The van der Waals surface area contributed by atoms with Crippen LogP contribution in [0, 0.1) is 0 Å². The molecule has 1 saturated heterocycles. The van der Waals surface area contributed by atoms with Crippen LogP contribution in [0.1, 0.15) is 16.8 Å². The third kappa shape index (κ3) is 6.30. The van der Waals surface area contributed by atoms with Crippen LogP contribution < -0.4 is 15.0 Å². The van der Waals surface area contributed by atoms with Crippen molar-refractivity contribution in [3.05, 3.63) is 42.2 Å². The fourth-order valence-electron chi connectivity index (χ4n) is 3.23. The molecule has 2 heterocycles. The lowest BCUT2D eigenvalue weighted by atomic mass is 10.2. The van der Waals surface area contributed by atoms with E-state index in [1.807, 2.05) is 0 Å². The van der Waals surface area contributed by atoms with E-state index >= 15 is 0 Å². The van der Waals surface area contributed by atoms with Crippen LogP contribution in [0.4, 0.5) is 5.82 Å². The Bertz CT molecular complexity index is 773. The normalized spacial score (nSPS) is 14.4. The minimum Gasteiger partial charge on any atom is -0.497 e. The molecule has 0 bridgehead atoms. The Labute approximate surface area is 169 Å². The first-order chi connectivity index (χ1) is 14.2. The first-order valence-corrected chi connectivity index (χ1v) is 9.70. The molecular formula is C20H27N4O5+. The van der Waals surface area contributed by atoms with Gasteiger partial charge in [0.05, 0.1) is 26.9 Å². The van der Waals surface area contributed by atoms with Gasteiger partial charge in [0.15, 0.2) is 5.82 Å². The third-order valence-corrected chi connectivity index (χ3v) is 4.82. The number of hydrogen-bond donors (Lipinski definition) is 2. The van der Waals surface area contributed by atoms with Crippen molar-refractivity contribution in [1.29, 1.82) is 0 Å². The molecule has 9 heteroatoms. The molecule has 2 amide bonds. The lowest BCUT2D eigenvalue weighted by Crippen LogP contribution is -3.14. The van der Waals surface area contributed by atoms with Gasteiger partial charge in [0.1, 0.15) is 31.6 Å². The summed E-state index contributed by atoms with van der Waals surface area (Å²) in [7, 11) is 1.57. The number of quaternary nitrogens is 1. The molecule has 1 aromatic heterocycles. The van der Waals surface area contributed by atoms with Gasteiger partial charge in [0, 0.05) is 24.6 Å². The zero-order chi connectivity index (χ0) is 20.5. The second-order valence-corrected chi connectivity index (χ2v) is 6.85. The van der Waals surface area contributed by atoms with Crippen LogP contribution in [-0.4, -0.2) is 74.9 Å². The maximum absolute atomic E-state index is 13.0. The first kappa shape index (κ1) is 20.8. The highest BCUT2D eigenvalue weighted by Gasteiger charge is 2.21. The van der Waals surface area contributed by atoms with Crippen LogP contribution in [0.2, 0.25) is 0 Å². The van der Waals surface area contributed by atoms with Gasteiger partial charge in [0.2, 0.25) is 5.91 Å². The van der Waals surface area contributed by atoms with E-state index in [0.717, 1.165) is 39.3 Å². The monoisotopic (exact) mass is 403 g/mol. The fourth-order valence-corrected chi connectivity index (χ4v) is 3.23. The van der Waals surface area contributed by atoms with Crippen LogP contribution >= 0.6 is 0 Å². The Morgan fingerprint density at radius 2 is 1.97 bits per heavy atom. The Morgan fingerprint density at radius 3 is 2.62 bits per heavy atom. The summed E-state index contributed by atoms with van der Waals surface area (Å²) in [4.78, 5) is 28.4. The lowest BCUT2D eigenvalue weighted by Gasteiger charge is -2.26. The molecule has 0 unspecified atom stereocenters. The van der Waals surface area contributed by atoms with Gasteiger partial charge < -0.3 is 29.1 Å². The van der Waals surface area contributed by atoms with Gasteiger partial charge in [-0.05, 0) is 24.3 Å². The van der Waals surface area contributed by atoms with Gasteiger partial charge in [-0.25, -0.2) is 0 Å². The summed E-state index contributed by atoms with van der Waals surface area (Å²) in [5.74, 6) is 0.483. The number of benzene rings is 1. The van der Waals surface area contributed by atoms with Gasteiger partial charge in [-0.2, -0.15) is 0 Å². The highest BCUT2D eigenvalue weighted by Crippen LogP contribution is 2.13. The van der Waals surface area contributed by atoms with Gasteiger partial charge >= 0.3 is 0 Å². The minimum atomic E-state index is -0.320. The van der Waals surface area contributed by atoms with E-state index in [4.69, 9.17) is 14.0 Å². The second-order valence-electron chi connectivity index (χ2n) is 6.85. The van der Waals surface area contributed by atoms with E-state index in [2.05, 4.69) is 10.5 Å². The number of nitrogens with one attached hydrogen (secondary N) is 2. The second kappa shape index (κ2) is 10.6. The molecule has 3 rings (SSSR count). The van der Waals surface area contributed by atoms with E-state index in [9.17, 15) is 9.59 Å². The Kier molecular flexibility index (Phi) is 7.60. The number of morpholine rings is 1. The molecule has 156 valence electrons. The van der Waals surface area contributed by atoms with E-state index in [1.165, 1.54) is 11.2 Å². The molecule has 0 saturated carbocycles. The van der Waals surface area contributed by atoms with Gasteiger partial charge in [-0.1, -0.05) is 5.16 Å². The number of nitrogens with zero attached hydrogens (tertiary/aromatic N) is 2. The molecule has 1 aliphatic rings. The highest BCUT2D eigenvalue weighted by molar-refractivity contribution is 5.99. The quantitative estimate of drug-likeness (QED) is 0.615. The molecule has 2 N–H and O–H groups in total. The molecule has 1 fully saturated rings. The fraction of sp³-hybridized carbons (Fsp3) is 0.450. The van der Waals surface area contributed by atoms with Crippen LogP contribution in [0.3, 0.4) is 0 Å². The summed E-state index contributed by atoms with van der Waals surface area (Å²) in [5.41, 5.74) is 0.513. The van der Waals surface area contributed by atoms with Gasteiger partial charge in [-0.3, -0.25) is 9.59 Å². The SMILES string of the molecule is COc1ccc(C(=O)N(CCC[NH+]2CCOCC2)CC(=O)Nc2ccon2)cc1. The smallest absolute Gasteiger partial charge is 0.254 e. The zero-order valence-corrected chi connectivity index (χ0v) is 16.6. The zero-order valence-electron chi connectivity index (χ0n) is 16.6. The van der Waals surface area contributed by atoms with Crippen molar-refractivity contribution in [2.24, 2.45) is 0 Å². The minimum absolute atomic E-state index is 0.0594. The van der Waals surface area contributed by atoms with Crippen LogP contribution in [0.25, 0.3) is 0 Å². The van der Waals surface area contributed by atoms with Gasteiger partial charge in [0.25, 0.3) is 5.91 Å². The molecule has 29 heavy (non-hydrogen) atoms. The van der Waals surface area contributed by atoms with E-state index < -0.39 is 0 Å². The van der Waals surface area contributed by atoms with Crippen molar-refractivity contribution >= 4 is 17.6 Å². The number of rotatable bonds is 9.